The van der Waals surface area contributed by atoms with E-state index in [-0.39, 0.29) is 17.0 Å². The Morgan fingerprint density at radius 2 is 1.83 bits per heavy atom. The van der Waals surface area contributed by atoms with Gasteiger partial charge in [-0.2, -0.15) is 0 Å². The molecule has 1 atom stereocenters. The highest BCUT2D eigenvalue weighted by atomic mass is 32.2. The molecule has 0 fully saturated rings. The van der Waals surface area contributed by atoms with Crippen LogP contribution in [0.3, 0.4) is 0 Å². The van der Waals surface area contributed by atoms with Gasteiger partial charge in [-0.25, -0.2) is 4.39 Å². The van der Waals surface area contributed by atoms with Crippen LogP contribution in [-0.4, -0.2) is 24.4 Å². The molecule has 126 valence electrons. The maximum Gasteiger partial charge on any atom is 0.237 e. The van der Waals surface area contributed by atoms with Gasteiger partial charge in [-0.15, -0.1) is 11.8 Å². The van der Waals surface area contributed by atoms with Gasteiger partial charge in [0, 0.05) is 17.0 Å². The van der Waals surface area contributed by atoms with Crippen molar-refractivity contribution in [3.8, 4) is 11.5 Å². The van der Waals surface area contributed by atoms with Gasteiger partial charge in [0.2, 0.25) is 5.91 Å². The van der Waals surface area contributed by atoms with E-state index in [1.807, 2.05) is 25.1 Å². The predicted octanol–water partition coefficient (Wildman–Crippen LogP) is 4.11. The maximum absolute atomic E-state index is 12.9. The zero-order chi connectivity index (χ0) is 16.9. The molecule has 0 saturated carbocycles. The topological polar surface area (TPSA) is 47.6 Å². The Labute approximate surface area is 144 Å². The van der Waals surface area contributed by atoms with Crippen molar-refractivity contribution in [2.75, 3.05) is 18.5 Å². The molecule has 1 aliphatic rings. The van der Waals surface area contributed by atoms with Gasteiger partial charge < -0.3 is 14.8 Å². The van der Waals surface area contributed by atoms with Crippen molar-refractivity contribution >= 4 is 23.4 Å². The molecule has 0 aliphatic carbocycles. The molecule has 1 aliphatic heterocycles. The number of anilines is 1. The van der Waals surface area contributed by atoms with Crippen LogP contribution >= 0.6 is 11.8 Å². The van der Waals surface area contributed by atoms with Gasteiger partial charge in [0.15, 0.2) is 11.5 Å². The molecule has 0 saturated heterocycles. The van der Waals surface area contributed by atoms with Crippen molar-refractivity contribution in [2.45, 2.75) is 23.5 Å². The fraction of sp³-hybridized carbons (Fsp3) is 0.278. The van der Waals surface area contributed by atoms with Crippen LogP contribution < -0.4 is 14.8 Å². The van der Waals surface area contributed by atoms with Gasteiger partial charge in [-0.1, -0.05) is 0 Å². The number of carbonyl (C=O) groups excluding carboxylic acids is 1. The van der Waals surface area contributed by atoms with Crippen LogP contribution in [0.1, 0.15) is 13.3 Å². The number of fused-ring (bicyclic) bond motifs is 1. The lowest BCUT2D eigenvalue weighted by molar-refractivity contribution is -0.115. The Morgan fingerprint density at radius 1 is 1.12 bits per heavy atom. The zero-order valence-corrected chi connectivity index (χ0v) is 14.1. The Hall–Kier alpha value is -2.21. The first-order valence-corrected chi connectivity index (χ1v) is 8.62. The highest BCUT2D eigenvalue weighted by Gasteiger charge is 2.17. The Kier molecular flexibility index (Phi) is 5.25. The minimum atomic E-state index is -0.331. The van der Waals surface area contributed by atoms with E-state index in [1.54, 1.807) is 0 Å². The first-order chi connectivity index (χ1) is 11.6. The molecular weight excluding hydrogens is 329 g/mol. The van der Waals surface area contributed by atoms with E-state index in [0.717, 1.165) is 17.1 Å². The summed E-state index contributed by atoms with van der Waals surface area (Å²) < 4.78 is 24.2. The number of benzene rings is 2. The standard InChI is InChI=1S/C18H18FNO3S/c1-12(18(21)20-14-5-3-13(19)4-6-14)24-15-7-8-16-17(11-15)23-10-2-9-22-16/h3-8,11-12H,2,9-10H2,1H3,(H,20,21)/t12-/m0/s1. The summed E-state index contributed by atoms with van der Waals surface area (Å²) in [4.78, 5) is 13.2. The average molecular weight is 347 g/mol. The molecule has 4 nitrogen and oxygen atoms in total. The number of amides is 1. The van der Waals surface area contributed by atoms with E-state index in [9.17, 15) is 9.18 Å². The van der Waals surface area contributed by atoms with Crippen LogP contribution in [0, 0.1) is 5.82 Å². The summed E-state index contributed by atoms with van der Waals surface area (Å²) in [6, 6.07) is 11.4. The molecule has 6 heteroatoms. The normalized spacial score (nSPS) is 14.6. The highest BCUT2D eigenvalue weighted by molar-refractivity contribution is 8.00. The molecular formula is C18H18FNO3S. The molecule has 0 aromatic heterocycles. The van der Waals surface area contributed by atoms with E-state index in [2.05, 4.69) is 5.32 Å². The summed E-state index contributed by atoms with van der Waals surface area (Å²) in [7, 11) is 0. The molecule has 1 N–H and O–H groups in total. The smallest absolute Gasteiger partial charge is 0.237 e. The van der Waals surface area contributed by atoms with E-state index in [1.165, 1.54) is 36.0 Å². The van der Waals surface area contributed by atoms with Crippen molar-refractivity contribution in [1.29, 1.82) is 0 Å². The maximum atomic E-state index is 12.9. The number of carbonyl (C=O) groups is 1. The second-order valence-electron chi connectivity index (χ2n) is 5.42. The third kappa shape index (κ3) is 4.20. The fourth-order valence-electron chi connectivity index (χ4n) is 2.25. The van der Waals surface area contributed by atoms with Gasteiger partial charge >= 0.3 is 0 Å². The van der Waals surface area contributed by atoms with Gasteiger partial charge in [-0.05, 0) is 49.4 Å². The molecule has 2 aromatic carbocycles. The van der Waals surface area contributed by atoms with Crippen LogP contribution in [0.15, 0.2) is 47.4 Å². The van der Waals surface area contributed by atoms with Crippen LogP contribution in [0.5, 0.6) is 11.5 Å². The van der Waals surface area contributed by atoms with Gasteiger partial charge in [-0.3, -0.25) is 4.79 Å². The van der Waals surface area contributed by atoms with E-state index in [4.69, 9.17) is 9.47 Å². The summed E-state index contributed by atoms with van der Waals surface area (Å²) in [6.45, 7) is 3.10. The molecule has 0 spiro atoms. The van der Waals surface area contributed by atoms with Crippen LogP contribution in [-0.2, 0) is 4.79 Å². The SMILES string of the molecule is C[C@H](Sc1ccc2c(c1)OCCCO2)C(=O)Nc1ccc(F)cc1. The largest absolute Gasteiger partial charge is 0.490 e. The number of halogens is 1. The lowest BCUT2D eigenvalue weighted by Crippen LogP contribution is -2.22. The van der Waals surface area contributed by atoms with Crippen molar-refractivity contribution < 1.29 is 18.7 Å². The number of thioether (sulfide) groups is 1. The monoisotopic (exact) mass is 347 g/mol. The average Bonchev–Trinajstić information content (AvgIpc) is 2.81. The summed E-state index contributed by atoms with van der Waals surface area (Å²) in [6.07, 6.45) is 0.855. The van der Waals surface area contributed by atoms with Crippen molar-refractivity contribution in [3.05, 3.63) is 48.3 Å². The quantitative estimate of drug-likeness (QED) is 0.846. The molecule has 3 rings (SSSR count). The first kappa shape index (κ1) is 16.6. The number of ether oxygens (including phenoxy) is 2. The predicted molar refractivity (Wildman–Crippen MR) is 92.4 cm³/mol. The molecule has 0 radical (unpaired) electrons. The molecule has 0 unspecified atom stereocenters. The third-order valence-corrected chi connectivity index (χ3v) is 4.61. The second kappa shape index (κ2) is 7.57. The number of rotatable bonds is 4. The van der Waals surface area contributed by atoms with Gasteiger partial charge in [0.05, 0.1) is 18.5 Å². The summed E-state index contributed by atoms with van der Waals surface area (Å²) >= 11 is 1.43. The van der Waals surface area contributed by atoms with Crippen LogP contribution in [0.4, 0.5) is 10.1 Å². The van der Waals surface area contributed by atoms with Crippen molar-refractivity contribution in [2.24, 2.45) is 0 Å². The lowest BCUT2D eigenvalue weighted by Gasteiger charge is -2.13. The summed E-state index contributed by atoms with van der Waals surface area (Å²) in [5, 5.41) is 2.47. The number of hydrogen-bond acceptors (Lipinski definition) is 4. The molecule has 1 heterocycles. The van der Waals surface area contributed by atoms with Crippen molar-refractivity contribution in [3.63, 3.8) is 0 Å². The first-order valence-electron chi connectivity index (χ1n) is 7.74. The summed E-state index contributed by atoms with van der Waals surface area (Å²) in [5.41, 5.74) is 0.576. The van der Waals surface area contributed by atoms with Crippen LogP contribution in [0.25, 0.3) is 0 Å². The Morgan fingerprint density at radius 3 is 2.58 bits per heavy atom. The highest BCUT2D eigenvalue weighted by Crippen LogP contribution is 2.35. The molecule has 0 bridgehead atoms. The van der Waals surface area contributed by atoms with E-state index >= 15 is 0 Å². The summed E-state index contributed by atoms with van der Waals surface area (Å²) in [5.74, 6) is 0.977. The molecule has 24 heavy (non-hydrogen) atoms. The number of nitrogens with one attached hydrogen (secondary N) is 1. The second-order valence-corrected chi connectivity index (χ2v) is 6.83. The fourth-order valence-corrected chi connectivity index (χ4v) is 3.15. The van der Waals surface area contributed by atoms with Gasteiger partial charge in [0.25, 0.3) is 0 Å². The number of hydrogen-bond donors (Lipinski definition) is 1. The van der Waals surface area contributed by atoms with E-state index in [0.29, 0.717) is 24.7 Å². The minimum Gasteiger partial charge on any atom is -0.490 e. The lowest BCUT2D eigenvalue weighted by atomic mass is 10.3. The molecule has 2 aromatic rings. The zero-order valence-electron chi connectivity index (χ0n) is 13.3. The van der Waals surface area contributed by atoms with Crippen molar-refractivity contribution in [1.82, 2.24) is 0 Å². The van der Waals surface area contributed by atoms with Crippen LogP contribution in [0.2, 0.25) is 0 Å². The third-order valence-electron chi connectivity index (χ3n) is 3.51. The molecule has 1 amide bonds. The Balaban J connectivity index is 1.63. The Bertz CT molecular complexity index is 721. The van der Waals surface area contributed by atoms with Gasteiger partial charge in [0.1, 0.15) is 5.82 Å². The minimum absolute atomic E-state index is 0.140. The van der Waals surface area contributed by atoms with E-state index < -0.39 is 0 Å².